The zero-order chi connectivity index (χ0) is 8.55. The third-order valence-corrected chi connectivity index (χ3v) is 3.17. The van der Waals surface area contributed by atoms with E-state index in [1.54, 1.807) is 22.7 Å². The number of hydrogen-bond acceptors (Lipinski definition) is 4. The summed E-state index contributed by atoms with van der Waals surface area (Å²) in [6.07, 6.45) is 1.88. The molecule has 0 saturated heterocycles. The van der Waals surface area contributed by atoms with Crippen LogP contribution in [0.25, 0.3) is 10.7 Å². The van der Waals surface area contributed by atoms with Gasteiger partial charge in [-0.3, -0.25) is 0 Å². The molecule has 12 heavy (non-hydrogen) atoms. The Bertz CT molecular complexity index is 351. The van der Waals surface area contributed by atoms with Crippen LogP contribution in [0.3, 0.4) is 0 Å². The maximum absolute atomic E-state index is 4.36. The summed E-state index contributed by atoms with van der Waals surface area (Å²) in [5.74, 6) is 0. The van der Waals surface area contributed by atoms with Crippen molar-refractivity contribution in [1.29, 1.82) is 0 Å². The molecule has 62 valence electrons. The number of aryl methyl sites for hydroxylation is 2. The highest BCUT2D eigenvalue weighted by Gasteiger charge is 2.04. The van der Waals surface area contributed by atoms with Crippen molar-refractivity contribution in [3.63, 3.8) is 0 Å². The summed E-state index contributed by atoms with van der Waals surface area (Å²) in [5.41, 5.74) is 1.01. The molecule has 0 aromatic carbocycles. The summed E-state index contributed by atoms with van der Waals surface area (Å²) < 4.78 is 0. The van der Waals surface area contributed by atoms with Crippen LogP contribution >= 0.6 is 22.7 Å². The fourth-order valence-electron chi connectivity index (χ4n) is 0.935. The van der Waals surface area contributed by atoms with E-state index in [-0.39, 0.29) is 0 Å². The van der Waals surface area contributed by atoms with Crippen molar-refractivity contribution in [1.82, 2.24) is 9.97 Å². The molecule has 0 radical (unpaired) electrons. The number of nitrogens with zero attached hydrogens (tertiary/aromatic N) is 2. The first-order valence-corrected chi connectivity index (χ1v) is 5.30. The Kier molecular flexibility index (Phi) is 1.94. The fraction of sp³-hybridized carbons (Fsp3) is 0.250. The zero-order valence-electron chi connectivity index (χ0n) is 6.87. The van der Waals surface area contributed by atoms with Gasteiger partial charge < -0.3 is 0 Å². The monoisotopic (exact) mass is 196 g/mol. The summed E-state index contributed by atoms with van der Waals surface area (Å²) in [4.78, 5) is 9.85. The molecule has 0 aliphatic heterocycles. The van der Waals surface area contributed by atoms with Crippen molar-refractivity contribution in [2.24, 2.45) is 0 Å². The predicted molar refractivity (Wildman–Crippen MR) is 52.7 cm³/mol. The molecule has 4 heteroatoms. The second kappa shape index (κ2) is 2.95. The minimum absolute atomic E-state index is 1.01. The lowest BCUT2D eigenvalue weighted by Crippen LogP contribution is -1.73. The highest BCUT2D eigenvalue weighted by atomic mass is 32.1. The van der Waals surface area contributed by atoms with E-state index < -0.39 is 0 Å². The lowest BCUT2D eigenvalue weighted by atomic mass is 10.5. The van der Waals surface area contributed by atoms with E-state index in [1.807, 2.05) is 18.5 Å². The van der Waals surface area contributed by atoms with Crippen molar-refractivity contribution in [2.75, 3.05) is 0 Å². The van der Waals surface area contributed by atoms with Gasteiger partial charge in [-0.2, -0.15) is 0 Å². The van der Waals surface area contributed by atoms with Crippen LogP contribution in [0.15, 0.2) is 11.6 Å². The van der Waals surface area contributed by atoms with Gasteiger partial charge in [-0.1, -0.05) is 0 Å². The van der Waals surface area contributed by atoms with Crippen molar-refractivity contribution < 1.29 is 0 Å². The molecule has 2 rings (SSSR count). The van der Waals surface area contributed by atoms with Crippen molar-refractivity contribution in [2.45, 2.75) is 13.8 Å². The van der Waals surface area contributed by atoms with E-state index in [0.717, 1.165) is 15.7 Å². The van der Waals surface area contributed by atoms with Gasteiger partial charge in [0.2, 0.25) is 0 Å². The summed E-state index contributed by atoms with van der Waals surface area (Å²) >= 11 is 3.35. The molecule has 2 heterocycles. The lowest BCUT2D eigenvalue weighted by Gasteiger charge is -1.84. The van der Waals surface area contributed by atoms with E-state index in [2.05, 4.69) is 16.9 Å². The Labute approximate surface area is 78.9 Å². The SMILES string of the molecule is Cc1cnc(-c2csc(C)n2)s1. The van der Waals surface area contributed by atoms with Crippen LogP contribution in [-0.4, -0.2) is 9.97 Å². The molecule has 0 saturated carbocycles. The zero-order valence-corrected chi connectivity index (χ0v) is 8.50. The standard InChI is InChI=1S/C8H8N2S2/c1-5-3-9-8(12-5)7-4-11-6(2)10-7/h3-4H,1-2H3. The van der Waals surface area contributed by atoms with E-state index in [9.17, 15) is 0 Å². The van der Waals surface area contributed by atoms with Crippen LogP contribution in [0.4, 0.5) is 0 Å². The molecule has 0 amide bonds. The molecule has 0 spiro atoms. The lowest BCUT2D eigenvalue weighted by molar-refractivity contribution is 1.27. The third kappa shape index (κ3) is 1.40. The minimum atomic E-state index is 1.01. The van der Waals surface area contributed by atoms with Gasteiger partial charge in [0.05, 0.1) is 5.01 Å². The second-order valence-corrected chi connectivity index (χ2v) is 4.82. The number of aromatic nitrogens is 2. The Morgan fingerprint density at radius 1 is 1.33 bits per heavy atom. The van der Waals surface area contributed by atoms with E-state index in [1.165, 1.54) is 4.88 Å². The molecule has 0 fully saturated rings. The summed E-state index contributed by atoms with van der Waals surface area (Å²) in [6, 6.07) is 0. The number of thiazole rings is 2. The van der Waals surface area contributed by atoms with E-state index in [0.29, 0.717) is 0 Å². The van der Waals surface area contributed by atoms with Gasteiger partial charge in [0.25, 0.3) is 0 Å². The van der Waals surface area contributed by atoms with Gasteiger partial charge in [-0.05, 0) is 13.8 Å². The molecule has 0 unspecified atom stereocenters. The molecule has 0 aliphatic carbocycles. The van der Waals surface area contributed by atoms with Crippen LogP contribution in [-0.2, 0) is 0 Å². The maximum Gasteiger partial charge on any atom is 0.142 e. The smallest absolute Gasteiger partial charge is 0.142 e. The normalized spacial score (nSPS) is 10.5. The number of hydrogen-bond donors (Lipinski definition) is 0. The highest BCUT2D eigenvalue weighted by molar-refractivity contribution is 7.15. The van der Waals surface area contributed by atoms with Crippen molar-refractivity contribution in [3.8, 4) is 10.7 Å². The largest absolute Gasteiger partial charge is 0.243 e. The highest BCUT2D eigenvalue weighted by Crippen LogP contribution is 2.25. The van der Waals surface area contributed by atoms with Gasteiger partial charge in [-0.25, -0.2) is 9.97 Å². The van der Waals surface area contributed by atoms with Crippen LogP contribution < -0.4 is 0 Å². The molecular weight excluding hydrogens is 188 g/mol. The average molecular weight is 196 g/mol. The molecule has 2 aromatic heterocycles. The van der Waals surface area contributed by atoms with E-state index >= 15 is 0 Å². The summed E-state index contributed by atoms with van der Waals surface area (Å²) in [6.45, 7) is 4.06. The Morgan fingerprint density at radius 3 is 2.67 bits per heavy atom. The first-order valence-electron chi connectivity index (χ1n) is 3.60. The third-order valence-electron chi connectivity index (χ3n) is 1.46. The van der Waals surface area contributed by atoms with Crippen LogP contribution in [0.1, 0.15) is 9.88 Å². The second-order valence-electron chi connectivity index (χ2n) is 2.53. The molecule has 2 nitrogen and oxygen atoms in total. The predicted octanol–water partition coefficient (Wildman–Crippen LogP) is 2.88. The van der Waals surface area contributed by atoms with Crippen LogP contribution in [0, 0.1) is 13.8 Å². The van der Waals surface area contributed by atoms with Crippen molar-refractivity contribution in [3.05, 3.63) is 21.5 Å². The molecule has 0 N–H and O–H groups in total. The maximum atomic E-state index is 4.36. The van der Waals surface area contributed by atoms with Crippen LogP contribution in [0.5, 0.6) is 0 Å². The van der Waals surface area contributed by atoms with Crippen LogP contribution in [0.2, 0.25) is 0 Å². The molecule has 0 atom stereocenters. The Balaban J connectivity index is 2.43. The van der Waals surface area contributed by atoms with E-state index in [4.69, 9.17) is 0 Å². The minimum Gasteiger partial charge on any atom is -0.243 e. The van der Waals surface area contributed by atoms with Gasteiger partial charge in [0.15, 0.2) is 0 Å². The van der Waals surface area contributed by atoms with Gasteiger partial charge >= 0.3 is 0 Å². The fourth-order valence-corrected chi connectivity index (χ4v) is 2.33. The first kappa shape index (κ1) is 7.89. The van der Waals surface area contributed by atoms with Gasteiger partial charge in [0.1, 0.15) is 10.7 Å². The summed E-state index contributed by atoms with van der Waals surface area (Å²) in [7, 11) is 0. The molecular formula is C8H8N2S2. The molecule has 0 aliphatic rings. The first-order chi connectivity index (χ1) is 5.75. The Morgan fingerprint density at radius 2 is 2.17 bits per heavy atom. The summed E-state index contributed by atoms with van der Waals surface area (Å²) in [5, 5.41) is 4.17. The topological polar surface area (TPSA) is 25.8 Å². The molecule has 0 bridgehead atoms. The Hall–Kier alpha value is -0.740. The van der Waals surface area contributed by atoms with Crippen molar-refractivity contribution >= 4 is 22.7 Å². The van der Waals surface area contributed by atoms with Gasteiger partial charge in [-0.15, -0.1) is 22.7 Å². The van der Waals surface area contributed by atoms with Gasteiger partial charge in [0, 0.05) is 16.5 Å². The molecule has 2 aromatic rings. The quantitative estimate of drug-likeness (QED) is 0.701. The average Bonchev–Trinajstić information content (AvgIpc) is 2.58. The number of rotatable bonds is 1.